The van der Waals surface area contributed by atoms with E-state index in [9.17, 15) is 8.42 Å². The van der Waals surface area contributed by atoms with Crippen molar-refractivity contribution >= 4 is 21.4 Å². The summed E-state index contributed by atoms with van der Waals surface area (Å²) in [5.41, 5.74) is 1.61. The second-order valence-corrected chi connectivity index (χ2v) is 8.35. The number of nitrogens with one attached hydrogen (secondary N) is 1. The average Bonchev–Trinajstić information content (AvgIpc) is 3.16. The molecule has 0 unspecified atom stereocenters. The molecule has 0 spiro atoms. The van der Waals surface area contributed by atoms with Crippen LogP contribution in [0.1, 0.15) is 18.1 Å². The quantitative estimate of drug-likeness (QED) is 0.611. The molecule has 1 heterocycles. The van der Waals surface area contributed by atoms with Crippen molar-refractivity contribution in [2.45, 2.75) is 25.3 Å². The Bertz CT molecular complexity index is 985. The van der Waals surface area contributed by atoms with Crippen LogP contribution in [0.3, 0.4) is 0 Å². The number of ether oxygens (including phenoxy) is 2. The van der Waals surface area contributed by atoms with Crippen molar-refractivity contribution in [3.63, 3.8) is 0 Å². The highest BCUT2D eigenvalue weighted by molar-refractivity contribution is 7.89. The number of aryl methyl sites for hydroxylation is 1. The lowest BCUT2D eigenvalue weighted by Crippen LogP contribution is -2.23. The van der Waals surface area contributed by atoms with Crippen LogP contribution in [0.25, 0.3) is 0 Å². The number of rotatable bonds is 8. The zero-order valence-corrected chi connectivity index (χ0v) is 16.6. The van der Waals surface area contributed by atoms with Gasteiger partial charge in [0.1, 0.15) is 11.5 Å². The number of sulfonamides is 1. The van der Waals surface area contributed by atoms with E-state index in [2.05, 4.69) is 9.71 Å². The van der Waals surface area contributed by atoms with Crippen molar-refractivity contribution < 1.29 is 17.9 Å². The Balaban J connectivity index is 1.64. The van der Waals surface area contributed by atoms with E-state index in [-0.39, 0.29) is 11.4 Å². The Morgan fingerprint density at radius 1 is 1.15 bits per heavy atom. The summed E-state index contributed by atoms with van der Waals surface area (Å²) in [4.78, 5) is 4.27. The van der Waals surface area contributed by atoms with Gasteiger partial charge in [-0.3, -0.25) is 0 Å². The van der Waals surface area contributed by atoms with Gasteiger partial charge in [0.05, 0.1) is 11.5 Å². The average molecular weight is 405 g/mol. The molecule has 0 bridgehead atoms. The fraction of sp³-hybridized carbons (Fsp3) is 0.211. The van der Waals surface area contributed by atoms with E-state index in [0.717, 1.165) is 11.1 Å². The minimum absolute atomic E-state index is 0.187. The van der Waals surface area contributed by atoms with Crippen molar-refractivity contribution in [3.05, 3.63) is 65.2 Å². The van der Waals surface area contributed by atoms with E-state index < -0.39 is 10.0 Å². The van der Waals surface area contributed by atoms with E-state index in [1.807, 2.05) is 31.4 Å². The van der Waals surface area contributed by atoms with Crippen molar-refractivity contribution in [1.82, 2.24) is 9.71 Å². The smallest absolute Gasteiger partial charge is 0.278 e. The van der Waals surface area contributed by atoms with Crippen LogP contribution in [0.15, 0.2) is 58.9 Å². The molecule has 0 atom stereocenters. The number of nitrogens with zero attached hydrogens (tertiary/aromatic N) is 1. The van der Waals surface area contributed by atoms with Gasteiger partial charge in [0.15, 0.2) is 0 Å². The third kappa shape index (κ3) is 5.06. The number of thiazole rings is 1. The SMILES string of the molecule is CCOc1ccc(S(=O)(=O)NCc2ccc(Oc3nccs3)cc2)cc1C. The van der Waals surface area contributed by atoms with Gasteiger partial charge >= 0.3 is 0 Å². The molecule has 6 nitrogen and oxygen atoms in total. The van der Waals surface area contributed by atoms with Gasteiger partial charge in [-0.1, -0.05) is 23.5 Å². The fourth-order valence-electron chi connectivity index (χ4n) is 2.41. The molecule has 0 saturated heterocycles. The van der Waals surface area contributed by atoms with E-state index in [4.69, 9.17) is 9.47 Å². The van der Waals surface area contributed by atoms with Crippen LogP contribution in [0.4, 0.5) is 0 Å². The van der Waals surface area contributed by atoms with Crippen LogP contribution in [0.2, 0.25) is 0 Å². The molecule has 0 aliphatic carbocycles. The maximum atomic E-state index is 12.5. The maximum absolute atomic E-state index is 12.5. The molecule has 0 fully saturated rings. The van der Waals surface area contributed by atoms with Gasteiger partial charge in [-0.25, -0.2) is 18.1 Å². The predicted molar refractivity (Wildman–Crippen MR) is 105 cm³/mol. The molecule has 1 N–H and O–H groups in total. The van der Waals surface area contributed by atoms with Crippen LogP contribution >= 0.6 is 11.3 Å². The third-order valence-corrected chi connectivity index (χ3v) is 5.81. The standard InChI is InChI=1S/C19H20N2O4S2/c1-3-24-18-9-8-17(12-14(18)2)27(22,23)21-13-15-4-6-16(7-5-15)25-19-20-10-11-26-19/h4-12,21H,3,13H2,1-2H3. The summed E-state index contributed by atoms with van der Waals surface area (Å²) < 4.78 is 38.7. The molecule has 0 radical (unpaired) electrons. The molecule has 0 amide bonds. The first-order valence-electron chi connectivity index (χ1n) is 8.37. The Kier molecular flexibility index (Phi) is 6.10. The first-order chi connectivity index (χ1) is 13.0. The summed E-state index contributed by atoms with van der Waals surface area (Å²) in [6, 6.07) is 12.0. The van der Waals surface area contributed by atoms with Crippen molar-refractivity contribution in [1.29, 1.82) is 0 Å². The predicted octanol–water partition coefficient (Wildman–Crippen LogP) is 4.12. The monoisotopic (exact) mass is 404 g/mol. The van der Waals surface area contributed by atoms with Gasteiger partial charge in [-0.2, -0.15) is 0 Å². The summed E-state index contributed by atoms with van der Waals surface area (Å²) in [6.07, 6.45) is 1.67. The van der Waals surface area contributed by atoms with E-state index in [1.54, 1.807) is 36.5 Å². The summed E-state index contributed by atoms with van der Waals surface area (Å²) in [6.45, 7) is 4.43. The van der Waals surface area contributed by atoms with Gasteiger partial charge in [-0.15, -0.1) is 0 Å². The molecule has 3 aromatic rings. The minimum atomic E-state index is -3.61. The molecule has 3 rings (SSSR count). The molecule has 0 aliphatic rings. The molecule has 142 valence electrons. The topological polar surface area (TPSA) is 77.5 Å². The number of benzene rings is 2. The highest BCUT2D eigenvalue weighted by Crippen LogP contribution is 2.24. The molecule has 1 aromatic heterocycles. The Labute approximate surface area is 162 Å². The zero-order chi connectivity index (χ0) is 19.3. The van der Waals surface area contributed by atoms with Crippen LogP contribution < -0.4 is 14.2 Å². The Hall–Kier alpha value is -2.42. The number of hydrogen-bond donors (Lipinski definition) is 1. The lowest BCUT2D eigenvalue weighted by molar-refractivity contribution is 0.337. The van der Waals surface area contributed by atoms with Gasteiger partial charge < -0.3 is 9.47 Å². The van der Waals surface area contributed by atoms with E-state index in [1.165, 1.54) is 11.3 Å². The highest BCUT2D eigenvalue weighted by Gasteiger charge is 2.15. The first kappa shape index (κ1) is 19.3. The molecular weight excluding hydrogens is 384 g/mol. The Morgan fingerprint density at radius 3 is 2.56 bits per heavy atom. The number of hydrogen-bond acceptors (Lipinski definition) is 6. The van der Waals surface area contributed by atoms with Gasteiger partial charge in [0.25, 0.3) is 5.19 Å². The summed E-state index contributed by atoms with van der Waals surface area (Å²) in [5, 5.41) is 2.40. The highest BCUT2D eigenvalue weighted by atomic mass is 32.2. The van der Waals surface area contributed by atoms with Crippen LogP contribution in [0.5, 0.6) is 16.7 Å². The van der Waals surface area contributed by atoms with Crippen LogP contribution in [0, 0.1) is 6.92 Å². The van der Waals surface area contributed by atoms with Crippen LogP contribution in [-0.2, 0) is 16.6 Å². The molecule has 0 aliphatic heterocycles. The van der Waals surface area contributed by atoms with E-state index in [0.29, 0.717) is 23.3 Å². The molecule has 8 heteroatoms. The lowest BCUT2D eigenvalue weighted by atomic mass is 10.2. The minimum Gasteiger partial charge on any atom is -0.494 e. The lowest BCUT2D eigenvalue weighted by Gasteiger charge is -2.11. The molecule has 0 saturated carbocycles. The molecular formula is C19H20N2O4S2. The summed E-state index contributed by atoms with van der Waals surface area (Å²) >= 11 is 1.40. The Morgan fingerprint density at radius 2 is 1.93 bits per heavy atom. The maximum Gasteiger partial charge on any atom is 0.278 e. The summed E-state index contributed by atoms with van der Waals surface area (Å²) in [7, 11) is -3.61. The largest absolute Gasteiger partial charge is 0.494 e. The third-order valence-electron chi connectivity index (χ3n) is 3.76. The zero-order valence-electron chi connectivity index (χ0n) is 15.0. The first-order valence-corrected chi connectivity index (χ1v) is 10.7. The van der Waals surface area contributed by atoms with Gasteiger partial charge in [0.2, 0.25) is 10.0 Å². The second kappa shape index (κ2) is 8.51. The van der Waals surface area contributed by atoms with E-state index >= 15 is 0 Å². The normalized spacial score (nSPS) is 11.3. The van der Waals surface area contributed by atoms with Crippen molar-refractivity contribution in [2.24, 2.45) is 0 Å². The second-order valence-electron chi connectivity index (χ2n) is 5.73. The summed E-state index contributed by atoms with van der Waals surface area (Å²) in [5.74, 6) is 1.34. The molecule has 27 heavy (non-hydrogen) atoms. The van der Waals surface area contributed by atoms with Gasteiger partial charge in [-0.05, 0) is 55.3 Å². The van der Waals surface area contributed by atoms with Gasteiger partial charge in [0, 0.05) is 18.1 Å². The van der Waals surface area contributed by atoms with Crippen molar-refractivity contribution in [2.75, 3.05) is 6.61 Å². The fourth-order valence-corrected chi connectivity index (χ4v) is 4.01. The van der Waals surface area contributed by atoms with Crippen molar-refractivity contribution in [3.8, 4) is 16.7 Å². The number of aromatic nitrogens is 1. The molecule has 2 aromatic carbocycles. The van der Waals surface area contributed by atoms with Crippen LogP contribution in [-0.4, -0.2) is 20.0 Å².